The lowest BCUT2D eigenvalue weighted by molar-refractivity contribution is -0.119. The highest BCUT2D eigenvalue weighted by molar-refractivity contribution is 5.93. The molecule has 5 heteroatoms. The molecule has 0 spiro atoms. The van der Waals surface area contributed by atoms with Crippen LogP contribution in [0, 0.1) is 5.92 Å². The number of amides is 1. The van der Waals surface area contributed by atoms with E-state index in [2.05, 4.69) is 15.3 Å². The normalized spacial score (nSPS) is 15.0. The summed E-state index contributed by atoms with van der Waals surface area (Å²) >= 11 is 0. The lowest BCUT2D eigenvalue weighted by Gasteiger charge is -2.10. The van der Waals surface area contributed by atoms with Gasteiger partial charge in [-0.15, -0.1) is 0 Å². The Morgan fingerprint density at radius 2 is 1.88 bits per heavy atom. The van der Waals surface area contributed by atoms with Gasteiger partial charge in [-0.05, 0) is 55.3 Å². The molecule has 1 amide bonds. The first kappa shape index (κ1) is 14.8. The minimum atomic E-state index is 0.138. The summed E-state index contributed by atoms with van der Waals surface area (Å²) in [7, 11) is 0. The van der Waals surface area contributed by atoms with Crippen LogP contribution in [0.4, 0.5) is 11.4 Å². The molecule has 1 aliphatic carbocycles. The molecule has 0 bridgehead atoms. The molecule has 1 fully saturated rings. The summed E-state index contributed by atoms with van der Waals surface area (Å²) in [5, 5.41) is 3.01. The quantitative estimate of drug-likeness (QED) is 0.639. The Morgan fingerprint density at radius 3 is 2.62 bits per heavy atom. The summed E-state index contributed by atoms with van der Waals surface area (Å²) in [5.74, 6) is 1.11. The van der Waals surface area contributed by atoms with Crippen LogP contribution in [-0.2, 0) is 4.79 Å². The maximum Gasteiger partial charge on any atom is 0.227 e. The number of carbonyl (C=O) groups excluding carboxylic acids is 1. The molecule has 3 aromatic rings. The fraction of sp³-hybridized carbons (Fsp3) is 0.263. The van der Waals surface area contributed by atoms with E-state index in [9.17, 15) is 4.79 Å². The van der Waals surface area contributed by atoms with Crippen LogP contribution < -0.4 is 11.1 Å². The van der Waals surface area contributed by atoms with Gasteiger partial charge >= 0.3 is 0 Å². The number of hydrogen-bond donors (Lipinski definition) is 3. The summed E-state index contributed by atoms with van der Waals surface area (Å²) < 4.78 is 0. The predicted octanol–water partition coefficient (Wildman–Crippen LogP) is 3.94. The van der Waals surface area contributed by atoms with Crippen molar-refractivity contribution < 1.29 is 4.79 Å². The number of carbonyl (C=O) groups is 1. The molecule has 1 heterocycles. The number of rotatable bonds is 3. The van der Waals surface area contributed by atoms with Crippen molar-refractivity contribution in [3.8, 4) is 11.4 Å². The monoisotopic (exact) mass is 320 g/mol. The van der Waals surface area contributed by atoms with Crippen molar-refractivity contribution in [2.24, 2.45) is 5.92 Å². The molecule has 4 rings (SSSR count). The van der Waals surface area contributed by atoms with Crippen molar-refractivity contribution in [3.63, 3.8) is 0 Å². The van der Waals surface area contributed by atoms with Crippen molar-refractivity contribution in [2.75, 3.05) is 11.1 Å². The molecule has 0 unspecified atom stereocenters. The average Bonchev–Trinajstić information content (AvgIpc) is 3.24. The van der Waals surface area contributed by atoms with Crippen molar-refractivity contribution in [3.05, 3.63) is 42.5 Å². The van der Waals surface area contributed by atoms with Gasteiger partial charge in [0.05, 0.1) is 11.0 Å². The Morgan fingerprint density at radius 1 is 1.12 bits per heavy atom. The maximum absolute atomic E-state index is 12.2. The standard InChI is InChI=1S/C19H20N4O/c20-14-7-10-16-17(11-14)23-18(22-16)12-5-8-15(9-6-12)21-19(24)13-3-1-2-4-13/h5-11,13H,1-4,20H2,(H,21,24)(H,22,23). The second-order valence-corrected chi connectivity index (χ2v) is 6.41. The van der Waals surface area contributed by atoms with Gasteiger partial charge < -0.3 is 16.0 Å². The van der Waals surface area contributed by atoms with Crippen LogP contribution in [0.1, 0.15) is 25.7 Å². The maximum atomic E-state index is 12.2. The van der Waals surface area contributed by atoms with Gasteiger partial charge in [0, 0.05) is 22.9 Å². The van der Waals surface area contributed by atoms with Crippen LogP contribution in [0.25, 0.3) is 22.4 Å². The largest absolute Gasteiger partial charge is 0.399 e. The van der Waals surface area contributed by atoms with Gasteiger partial charge in [0.25, 0.3) is 0 Å². The van der Waals surface area contributed by atoms with E-state index in [1.807, 2.05) is 42.5 Å². The van der Waals surface area contributed by atoms with Crippen molar-refractivity contribution >= 4 is 28.3 Å². The number of imidazole rings is 1. The Labute approximate surface area is 140 Å². The molecular weight excluding hydrogens is 300 g/mol. The van der Waals surface area contributed by atoms with E-state index in [0.717, 1.165) is 53.8 Å². The number of hydrogen-bond acceptors (Lipinski definition) is 3. The van der Waals surface area contributed by atoms with Crippen LogP contribution in [0.15, 0.2) is 42.5 Å². The topological polar surface area (TPSA) is 83.8 Å². The number of nitrogens with one attached hydrogen (secondary N) is 2. The molecule has 0 atom stereocenters. The lowest BCUT2D eigenvalue weighted by atomic mass is 10.1. The summed E-state index contributed by atoms with van der Waals surface area (Å²) in [4.78, 5) is 20.0. The zero-order valence-corrected chi connectivity index (χ0v) is 13.4. The fourth-order valence-corrected chi connectivity index (χ4v) is 3.31. The molecule has 122 valence electrons. The van der Waals surface area contributed by atoms with Crippen LogP contribution in [0.2, 0.25) is 0 Å². The second-order valence-electron chi connectivity index (χ2n) is 6.41. The molecule has 0 aliphatic heterocycles. The van der Waals surface area contributed by atoms with Gasteiger partial charge in [0.1, 0.15) is 5.82 Å². The highest BCUT2D eigenvalue weighted by Gasteiger charge is 2.22. The van der Waals surface area contributed by atoms with E-state index in [0.29, 0.717) is 5.69 Å². The average molecular weight is 320 g/mol. The first-order chi connectivity index (χ1) is 11.7. The Bertz CT molecular complexity index is 876. The first-order valence-corrected chi connectivity index (χ1v) is 8.35. The van der Waals surface area contributed by atoms with E-state index < -0.39 is 0 Å². The molecule has 24 heavy (non-hydrogen) atoms. The molecule has 1 aromatic heterocycles. The fourth-order valence-electron chi connectivity index (χ4n) is 3.31. The Balaban J connectivity index is 1.53. The smallest absolute Gasteiger partial charge is 0.227 e. The zero-order valence-electron chi connectivity index (χ0n) is 13.4. The summed E-state index contributed by atoms with van der Waals surface area (Å²) in [5.41, 5.74) is 10.1. The van der Waals surface area contributed by atoms with Gasteiger partial charge in [-0.1, -0.05) is 12.8 Å². The van der Waals surface area contributed by atoms with E-state index in [4.69, 9.17) is 5.73 Å². The minimum Gasteiger partial charge on any atom is -0.399 e. The predicted molar refractivity (Wildman–Crippen MR) is 96.5 cm³/mol. The molecule has 0 saturated heterocycles. The van der Waals surface area contributed by atoms with E-state index in [-0.39, 0.29) is 11.8 Å². The van der Waals surface area contributed by atoms with Gasteiger partial charge in [-0.25, -0.2) is 4.98 Å². The SMILES string of the molecule is Nc1ccc2nc(-c3ccc(NC(=O)C4CCCC4)cc3)[nH]c2c1. The minimum absolute atomic E-state index is 0.138. The molecule has 1 saturated carbocycles. The molecule has 1 aliphatic rings. The first-order valence-electron chi connectivity index (χ1n) is 8.35. The van der Waals surface area contributed by atoms with E-state index >= 15 is 0 Å². The lowest BCUT2D eigenvalue weighted by Crippen LogP contribution is -2.20. The highest BCUT2D eigenvalue weighted by Crippen LogP contribution is 2.27. The van der Waals surface area contributed by atoms with E-state index in [1.54, 1.807) is 0 Å². The second kappa shape index (κ2) is 6.00. The van der Waals surface area contributed by atoms with Crippen LogP contribution >= 0.6 is 0 Å². The number of aromatic nitrogens is 2. The number of nitrogens with zero attached hydrogens (tertiary/aromatic N) is 1. The van der Waals surface area contributed by atoms with E-state index in [1.165, 1.54) is 0 Å². The number of nitrogens with two attached hydrogens (primary N) is 1. The van der Waals surface area contributed by atoms with Crippen LogP contribution in [0.3, 0.4) is 0 Å². The van der Waals surface area contributed by atoms with Gasteiger partial charge in [0.15, 0.2) is 0 Å². The third kappa shape index (κ3) is 2.85. The van der Waals surface area contributed by atoms with Gasteiger partial charge in [-0.3, -0.25) is 4.79 Å². The number of H-pyrrole nitrogens is 1. The summed E-state index contributed by atoms with van der Waals surface area (Å²) in [6.45, 7) is 0. The summed E-state index contributed by atoms with van der Waals surface area (Å²) in [6.07, 6.45) is 4.33. The number of anilines is 2. The molecule has 2 aromatic carbocycles. The number of nitrogen functional groups attached to an aromatic ring is 1. The van der Waals surface area contributed by atoms with Gasteiger partial charge in [0.2, 0.25) is 5.91 Å². The van der Waals surface area contributed by atoms with Gasteiger partial charge in [-0.2, -0.15) is 0 Å². The highest BCUT2D eigenvalue weighted by atomic mass is 16.1. The van der Waals surface area contributed by atoms with Crippen LogP contribution in [-0.4, -0.2) is 15.9 Å². The van der Waals surface area contributed by atoms with Crippen molar-refractivity contribution in [1.82, 2.24) is 9.97 Å². The molecular formula is C19H20N4O. The third-order valence-corrected chi connectivity index (χ3v) is 4.66. The molecule has 0 radical (unpaired) electrons. The number of aromatic amines is 1. The Hall–Kier alpha value is -2.82. The van der Waals surface area contributed by atoms with Crippen molar-refractivity contribution in [2.45, 2.75) is 25.7 Å². The Kier molecular flexibility index (Phi) is 3.69. The summed E-state index contributed by atoms with van der Waals surface area (Å²) in [6, 6.07) is 13.4. The number of benzene rings is 2. The van der Waals surface area contributed by atoms with Crippen molar-refractivity contribution in [1.29, 1.82) is 0 Å². The third-order valence-electron chi connectivity index (χ3n) is 4.66. The molecule has 4 N–H and O–H groups in total. The zero-order chi connectivity index (χ0) is 16.5. The van der Waals surface area contributed by atoms with Crippen LogP contribution in [0.5, 0.6) is 0 Å². The number of fused-ring (bicyclic) bond motifs is 1. The molecule has 5 nitrogen and oxygen atoms in total.